The highest BCUT2D eigenvalue weighted by Gasteiger charge is 2.24. The third-order valence-corrected chi connectivity index (χ3v) is 2.12. The Hall–Kier alpha value is -1.72. The predicted molar refractivity (Wildman–Crippen MR) is 67.9 cm³/mol. The largest absolute Gasteiger partial charge is 0.449 e. The fourth-order valence-electron chi connectivity index (χ4n) is 1.35. The first-order chi connectivity index (χ1) is 8.60. The summed E-state index contributed by atoms with van der Waals surface area (Å²) in [6, 6.07) is -0.265. The first-order valence-corrected chi connectivity index (χ1v) is 6.12. The molecular weight excluding hydrogens is 236 g/mol. The van der Waals surface area contributed by atoms with E-state index >= 15 is 0 Å². The summed E-state index contributed by atoms with van der Waals surface area (Å²) in [6.45, 7) is 7.63. The van der Waals surface area contributed by atoms with E-state index in [1.54, 1.807) is 13.8 Å². The van der Waals surface area contributed by atoms with E-state index in [0.29, 0.717) is 6.42 Å². The van der Waals surface area contributed by atoms with Crippen LogP contribution in [0.2, 0.25) is 0 Å². The highest BCUT2D eigenvalue weighted by Crippen LogP contribution is 2.06. The predicted octanol–water partition coefficient (Wildman–Crippen LogP) is 2.46. The lowest BCUT2D eigenvalue weighted by molar-refractivity contribution is 0.0627. The number of amides is 2. The number of carbonyl (C=O) groups excluding carboxylic acids is 2. The molecule has 0 aromatic carbocycles. The summed E-state index contributed by atoms with van der Waals surface area (Å²) in [4.78, 5) is 23.1. The quantitative estimate of drug-likeness (QED) is 0.607. The van der Waals surface area contributed by atoms with Crippen LogP contribution in [0.1, 0.15) is 34.1 Å². The molecule has 6 nitrogen and oxygen atoms in total. The Bertz CT molecular complexity index is 292. The first kappa shape index (κ1) is 16.3. The van der Waals surface area contributed by atoms with Crippen LogP contribution in [0, 0.1) is 0 Å². The van der Waals surface area contributed by atoms with E-state index in [1.807, 2.05) is 26.0 Å². The summed E-state index contributed by atoms with van der Waals surface area (Å²) in [5.41, 5.74) is 2.38. The van der Waals surface area contributed by atoms with Crippen LogP contribution < -0.4 is 5.43 Å². The number of hydrazine groups is 1. The van der Waals surface area contributed by atoms with Crippen LogP contribution in [0.15, 0.2) is 12.2 Å². The van der Waals surface area contributed by atoms with Crippen LogP contribution in [0.4, 0.5) is 9.59 Å². The zero-order chi connectivity index (χ0) is 14.0. The van der Waals surface area contributed by atoms with Crippen molar-refractivity contribution in [3.8, 4) is 0 Å². The van der Waals surface area contributed by atoms with Gasteiger partial charge in [-0.25, -0.2) is 20.0 Å². The lowest BCUT2D eigenvalue weighted by Crippen LogP contribution is -2.51. The molecule has 0 saturated heterocycles. The van der Waals surface area contributed by atoms with Gasteiger partial charge in [-0.15, -0.1) is 0 Å². The van der Waals surface area contributed by atoms with Gasteiger partial charge in [-0.3, -0.25) is 0 Å². The SMILES string of the molecule is C/C=C/C(CC)N(NC(=O)OCC)C(=O)OCC. The molecule has 104 valence electrons. The van der Waals surface area contributed by atoms with Gasteiger partial charge in [0, 0.05) is 0 Å². The molecule has 0 spiro atoms. The lowest BCUT2D eigenvalue weighted by atomic mass is 10.2. The van der Waals surface area contributed by atoms with Gasteiger partial charge in [0.05, 0.1) is 19.3 Å². The summed E-state index contributed by atoms with van der Waals surface area (Å²) in [5, 5.41) is 1.14. The standard InChI is InChI=1S/C12H22N2O4/c1-5-9-10(6-2)14(12(16)18-8-4)13-11(15)17-7-3/h5,9-10H,6-8H2,1-4H3,(H,13,15)/b9-5+. The minimum atomic E-state index is -0.673. The van der Waals surface area contributed by atoms with Crippen molar-refractivity contribution in [1.82, 2.24) is 10.4 Å². The Morgan fingerprint density at radius 2 is 1.83 bits per heavy atom. The Kier molecular flexibility index (Phi) is 8.43. The molecule has 0 radical (unpaired) electrons. The van der Waals surface area contributed by atoms with Crippen molar-refractivity contribution in [3.05, 3.63) is 12.2 Å². The van der Waals surface area contributed by atoms with E-state index in [9.17, 15) is 9.59 Å². The highest BCUT2D eigenvalue weighted by atomic mass is 16.6. The molecule has 18 heavy (non-hydrogen) atoms. The number of carbonyl (C=O) groups is 2. The molecule has 0 saturated carbocycles. The maximum absolute atomic E-state index is 11.8. The van der Waals surface area contributed by atoms with Crippen molar-refractivity contribution in [2.75, 3.05) is 13.2 Å². The number of nitrogens with one attached hydrogen (secondary N) is 1. The maximum Gasteiger partial charge on any atom is 0.429 e. The molecular formula is C12H22N2O4. The molecule has 0 aliphatic rings. The Morgan fingerprint density at radius 3 is 2.28 bits per heavy atom. The first-order valence-electron chi connectivity index (χ1n) is 6.12. The van der Waals surface area contributed by atoms with Gasteiger partial charge in [0.1, 0.15) is 0 Å². The normalized spacial score (nSPS) is 12.0. The van der Waals surface area contributed by atoms with Gasteiger partial charge in [0.2, 0.25) is 0 Å². The van der Waals surface area contributed by atoms with Gasteiger partial charge in [0.15, 0.2) is 0 Å². The van der Waals surface area contributed by atoms with Gasteiger partial charge in [0.25, 0.3) is 0 Å². The van der Waals surface area contributed by atoms with Crippen molar-refractivity contribution < 1.29 is 19.1 Å². The molecule has 2 amide bonds. The summed E-state index contributed by atoms with van der Waals surface area (Å²) in [7, 11) is 0. The molecule has 0 aliphatic carbocycles. The van der Waals surface area contributed by atoms with Crippen molar-refractivity contribution >= 4 is 12.2 Å². The Balaban J connectivity index is 4.79. The van der Waals surface area contributed by atoms with Gasteiger partial charge >= 0.3 is 12.2 Å². The van der Waals surface area contributed by atoms with Crippen molar-refractivity contribution in [2.24, 2.45) is 0 Å². The van der Waals surface area contributed by atoms with Crippen LogP contribution in [0.3, 0.4) is 0 Å². The molecule has 1 N–H and O–H groups in total. The second-order valence-electron chi connectivity index (χ2n) is 3.40. The highest BCUT2D eigenvalue weighted by molar-refractivity contribution is 5.74. The molecule has 1 unspecified atom stereocenters. The number of hydrogen-bond donors (Lipinski definition) is 1. The number of ether oxygens (including phenoxy) is 2. The van der Waals surface area contributed by atoms with E-state index in [4.69, 9.17) is 9.47 Å². The summed E-state index contributed by atoms with van der Waals surface area (Å²) in [5.74, 6) is 0. The number of allylic oxidation sites excluding steroid dienone is 1. The zero-order valence-corrected chi connectivity index (χ0v) is 11.4. The lowest BCUT2D eigenvalue weighted by Gasteiger charge is -2.27. The molecule has 0 aromatic rings. The average molecular weight is 258 g/mol. The monoisotopic (exact) mass is 258 g/mol. The molecule has 1 atom stereocenters. The van der Waals surface area contributed by atoms with E-state index in [0.717, 1.165) is 5.01 Å². The average Bonchev–Trinajstić information content (AvgIpc) is 2.34. The minimum absolute atomic E-state index is 0.239. The number of hydrogen-bond acceptors (Lipinski definition) is 4. The van der Waals surface area contributed by atoms with Crippen LogP contribution >= 0.6 is 0 Å². The third-order valence-electron chi connectivity index (χ3n) is 2.12. The fourth-order valence-corrected chi connectivity index (χ4v) is 1.35. The van der Waals surface area contributed by atoms with E-state index in [2.05, 4.69) is 5.43 Å². The van der Waals surface area contributed by atoms with Crippen molar-refractivity contribution in [2.45, 2.75) is 40.2 Å². The van der Waals surface area contributed by atoms with Crippen LogP contribution in [-0.4, -0.2) is 36.5 Å². The van der Waals surface area contributed by atoms with Crippen LogP contribution in [0.25, 0.3) is 0 Å². The van der Waals surface area contributed by atoms with Gasteiger partial charge < -0.3 is 9.47 Å². The van der Waals surface area contributed by atoms with E-state index in [-0.39, 0.29) is 19.3 Å². The van der Waals surface area contributed by atoms with E-state index < -0.39 is 12.2 Å². The Morgan fingerprint density at radius 1 is 1.22 bits per heavy atom. The van der Waals surface area contributed by atoms with Crippen molar-refractivity contribution in [1.29, 1.82) is 0 Å². The molecule has 0 fully saturated rings. The van der Waals surface area contributed by atoms with Gasteiger partial charge in [-0.2, -0.15) is 0 Å². The molecule has 0 aromatic heterocycles. The summed E-state index contributed by atoms with van der Waals surface area (Å²) in [6.07, 6.45) is 3.00. The van der Waals surface area contributed by atoms with Crippen molar-refractivity contribution in [3.63, 3.8) is 0 Å². The zero-order valence-electron chi connectivity index (χ0n) is 11.4. The van der Waals surface area contributed by atoms with Crippen LogP contribution in [-0.2, 0) is 9.47 Å². The summed E-state index contributed by atoms with van der Waals surface area (Å²) >= 11 is 0. The Labute approximate surface area is 108 Å². The fraction of sp³-hybridized carbons (Fsp3) is 0.667. The molecule has 6 heteroatoms. The second kappa shape index (κ2) is 9.32. The molecule has 0 rings (SSSR count). The number of nitrogens with zero attached hydrogens (tertiary/aromatic N) is 1. The van der Waals surface area contributed by atoms with Crippen LogP contribution in [0.5, 0.6) is 0 Å². The van der Waals surface area contributed by atoms with Gasteiger partial charge in [-0.05, 0) is 27.2 Å². The molecule has 0 bridgehead atoms. The second-order valence-corrected chi connectivity index (χ2v) is 3.40. The summed E-state index contributed by atoms with van der Waals surface area (Å²) < 4.78 is 9.64. The van der Waals surface area contributed by atoms with E-state index in [1.165, 1.54) is 0 Å². The topological polar surface area (TPSA) is 67.9 Å². The third kappa shape index (κ3) is 5.56. The smallest absolute Gasteiger partial charge is 0.429 e. The minimum Gasteiger partial charge on any atom is -0.449 e. The van der Waals surface area contributed by atoms with Gasteiger partial charge in [-0.1, -0.05) is 19.1 Å². The number of rotatable bonds is 5. The molecule has 0 aliphatic heterocycles. The maximum atomic E-state index is 11.8. The molecule has 0 heterocycles.